The minimum absolute atomic E-state index is 0.130. The van der Waals surface area contributed by atoms with E-state index in [4.69, 9.17) is 9.47 Å². The summed E-state index contributed by atoms with van der Waals surface area (Å²) in [6.07, 6.45) is 2.42. The molecule has 1 saturated carbocycles. The lowest BCUT2D eigenvalue weighted by molar-refractivity contribution is -0.131. The molecule has 1 fully saturated rings. The van der Waals surface area contributed by atoms with Gasteiger partial charge in [0.15, 0.2) is 12.2 Å². The third kappa shape index (κ3) is 6.74. The van der Waals surface area contributed by atoms with E-state index in [0.29, 0.717) is 11.5 Å². The Morgan fingerprint density at radius 3 is 1.56 bits per heavy atom. The number of aryl methyl sites for hydroxylation is 2. The Bertz CT molecular complexity index is 854. The number of amides is 2. The second kappa shape index (κ2) is 11.0. The van der Waals surface area contributed by atoms with Crippen LogP contribution in [-0.2, 0) is 9.59 Å². The van der Waals surface area contributed by atoms with Crippen molar-refractivity contribution in [2.75, 3.05) is 0 Å². The fourth-order valence-corrected chi connectivity index (χ4v) is 3.97. The topological polar surface area (TPSA) is 76.7 Å². The molecular weight excluding hydrogens is 404 g/mol. The molecule has 2 aromatic carbocycles. The Balaban J connectivity index is 1.55. The highest BCUT2D eigenvalue weighted by molar-refractivity contribution is 5.82. The first kappa shape index (κ1) is 23.6. The van der Waals surface area contributed by atoms with Crippen LogP contribution in [-0.4, -0.2) is 36.1 Å². The van der Waals surface area contributed by atoms with Crippen LogP contribution in [0, 0.1) is 13.8 Å². The predicted octanol–water partition coefficient (Wildman–Crippen LogP) is 4.08. The van der Waals surface area contributed by atoms with Gasteiger partial charge in [-0.3, -0.25) is 9.59 Å². The van der Waals surface area contributed by atoms with E-state index in [1.54, 1.807) is 13.8 Å². The van der Waals surface area contributed by atoms with Crippen LogP contribution in [0.25, 0.3) is 0 Å². The fraction of sp³-hybridized carbons (Fsp3) is 0.462. The maximum Gasteiger partial charge on any atom is 0.261 e. The van der Waals surface area contributed by atoms with Crippen LogP contribution >= 0.6 is 0 Å². The highest BCUT2D eigenvalue weighted by Gasteiger charge is 2.31. The van der Waals surface area contributed by atoms with Gasteiger partial charge in [0.1, 0.15) is 11.5 Å². The number of ether oxygens (including phenoxy) is 2. The first-order chi connectivity index (χ1) is 15.3. The van der Waals surface area contributed by atoms with Crippen molar-refractivity contribution in [1.29, 1.82) is 0 Å². The Kier molecular flexibility index (Phi) is 8.14. The molecule has 2 N–H and O–H groups in total. The average Bonchev–Trinajstić information content (AvgIpc) is 2.75. The van der Waals surface area contributed by atoms with Gasteiger partial charge in [-0.15, -0.1) is 0 Å². The van der Waals surface area contributed by atoms with Crippen molar-refractivity contribution in [3.05, 3.63) is 59.7 Å². The molecule has 4 unspecified atom stereocenters. The van der Waals surface area contributed by atoms with Gasteiger partial charge in [-0.05, 0) is 75.9 Å². The molecule has 2 amide bonds. The van der Waals surface area contributed by atoms with Gasteiger partial charge < -0.3 is 20.1 Å². The Labute approximate surface area is 190 Å². The van der Waals surface area contributed by atoms with Crippen LogP contribution in [0.4, 0.5) is 0 Å². The third-order valence-electron chi connectivity index (χ3n) is 5.76. The maximum absolute atomic E-state index is 12.8. The molecule has 3 rings (SSSR count). The Morgan fingerprint density at radius 2 is 1.19 bits per heavy atom. The van der Waals surface area contributed by atoms with Crippen molar-refractivity contribution < 1.29 is 19.1 Å². The van der Waals surface area contributed by atoms with Crippen molar-refractivity contribution >= 4 is 11.8 Å². The highest BCUT2D eigenvalue weighted by Crippen LogP contribution is 2.20. The average molecular weight is 439 g/mol. The molecule has 0 aliphatic heterocycles. The number of carbonyl (C=O) groups excluding carboxylic acids is 2. The summed E-state index contributed by atoms with van der Waals surface area (Å²) in [6, 6.07) is 15.0. The van der Waals surface area contributed by atoms with E-state index in [-0.39, 0.29) is 23.9 Å². The van der Waals surface area contributed by atoms with E-state index in [9.17, 15) is 9.59 Å². The molecule has 6 nitrogen and oxygen atoms in total. The van der Waals surface area contributed by atoms with E-state index >= 15 is 0 Å². The largest absolute Gasteiger partial charge is 0.481 e. The van der Waals surface area contributed by atoms with Crippen LogP contribution in [0.1, 0.15) is 50.7 Å². The third-order valence-corrected chi connectivity index (χ3v) is 5.76. The zero-order valence-electron chi connectivity index (χ0n) is 19.4. The standard InChI is InChI=1S/C26H34N2O4/c1-17-9-7-11-21(15-17)31-19(3)25(29)27-23-13-5-6-14-24(23)28-26(30)20(4)32-22-12-8-10-18(2)16-22/h7-12,15-16,19-20,23-24H,5-6,13-14H2,1-4H3,(H,27,29)(H,28,30). The second-order valence-corrected chi connectivity index (χ2v) is 8.67. The smallest absolute Gasteiger partial charge is 0.261 e. The lowest BCUT2D eigenvalue weighted by atomic mass is 9.90. The van der Waals surface area contributed by atoms with E-state index in [1.807, 2.05) is 62.4 Å². The number of rotatable bonds is 8. The lowest BCUT2D eigenvalue weighted by Crippen LogP contribution is -2.56. The molecule has 0 heterocycles. The lowest BCUT2D eigenvalue weighted by Gasteiger charge is -2.34. The molecule has 6 heteroatoms. The van der Waals surface area contributed by atoms with Gasteiger partial charge in [0, 0.05) is 12.1 Å². The van der Waals surface area contributed by atoms with Gasteiger partial charge in [-0.2, -0.15) is 0 Å². The first-order valence-corrected chi connectivity index (χ1v) is 11.4. The zero-order chi connectivity index (χ0) is 23.1. The van der Waals surface area contributed by atoms with E-state index < -0.39 is 12.2 Å². The van der Waals surface area contributed by atoms with Crippen molar-refractivity contribution in [1.82, 2.24) is 10.6 Å². The van der Waals surface area contributed by atoms with Crippen LogP contribution < -0.4 is 20.1 Å². The molecule has 0 bridgehead atoms. The van der Waals surface area contributed by atoms with Gasteiger partial charge in [-0.1, -0.05) is 37.1 Å². The van der Waals surface area contributed by atoms with Crippen LogP contribution in [0.3, 0.4) is 0 Å². The molecule has 0 radical (unpaired) electrons. The molecule has 0 aromatic heterocycles. The molecule has 32 heavy (non-hydrogen) atoms. The van der Waals surface area contributed by atoms with Gasteiger partial charge in [0.25, 0.3) is 11.8 Å². The molecule has 0 saturated heterocycles. The summed E-state index contributed by atoms with van der Waals surface area (Å²) in [4.78, 5) is 25.5. The minimum atomic E-state index is -0.626. The summed E-state index contributed by atoms with van der Waals surface area (Å²) in [6.45, 7) is 7.45. The monoisotopic (exact) mass is 438 g/mol. The quantitative estimate of drug-likeness (QED) is 0.651. The van der Waals surface area contributed by atoms with E-state index in [2.05, 4.69) is 10.6 Å². The molecule has 1 aliphatic carbocycles. The molecule has 1 aliphatic rings. The molecular formula is C26H34N2O4. The molecule has 2 aromatic rings. The summed E-state index contributed by atoms with van der Waals surface area (Å²) >= 11 is 0. The summed E-state index contributed by atoms with van der Waals surface area (Å²) in [5.74, 6) is 0.981. The molecule has 4 atom stereocenters. The maximum atomic E-state index is 12.8. The molecule has 172 valence electrons. The van der Waals surface area contributed by atoms with Gasteiger partial charge in [0.2, 0.25) is 0 Å². The van der Waals surface area contributed by atoms with E-state index in [1.165, 1.54) is 0 Å². The second-order valence-electron chi connectivity index (χ2n) is 8.67. The summed E-state index contributed by atoms with van der Waals surface area (Å²) in [5, 5.41) is 6.17. The van der Waals surface area contributed by atoms with Gasteiger partial charge >= 0.3 is 0 Å². The van der Waals surface area contributed by atoms with Crippen molar-refractivity contribution in [2.45, 2.75) is 77.7 Å². The fourth-order valence-electron chi connectivity index (χ4n) is 3.97. The number of hydrogen-bond acceptors (Lipinski definition) is 4. The van der Waals surface area contributed by atoms with Gasteiger partial charge in [-0.25, -0.2) is 0 Å². The zero-order valence-corrected chi connectivity index (χ0v) is 19.4. The predicted molar refractivity (Wildman–Crippen MR) is 125 cm³/mol. The van der Waals surface area contributed by atoms with Gasteiger partial charge in [0.05, 0.1) is 0 Å². The summed E-state index contributed by atoms with van der Waals surface area (Å²) < 4.78 is 11.6. The number of benzene rings is 2. The highest BCUT2D eigenvalue weighted by atomic mass is 16.5. The Hall–Kier alpha value is -3.02. The number of nitrogens with one attached hydrogen (secondary N) is 2. The van der Waals surface area contributed by atoms with Crippen LogP contribution in [0.5, 0.6) is 11.5 Å². The molecule has 0 spiro atoms. The Morgan fingerprint density at radius 1 is 0.781 bits per heavy atom. The summed E-state index contributed by atoms with van der Waals surface area (Å²) in [5.41, 5.74) is 2.15. The number of hydrogen-bond donors (Lipinski definition) is 2. The first-order valence-electron chi connectivity index (χ1n) is 11.4. The van der Waals surface area contributed by atoms with Crippen molar-refractivity contribution in [3.63, 3.8) is 0 Å². The van der Waals surface area contributed by atoms with E-state index in [0.717, 1.165) is 36.8 Å². The van der Waals surface area contributed by atoms with Crippen LogP contribution in [0.15, 0.2) is 48.5 Å². The van der Waals surface area contributed by atoms with Crippen molar-refractivity contribution in [3.8, 4) is 11.5 Å². The van der Waals surface area contributed by atoms with Crippen LogP contribution in [0.2, 0.25) is 0 Å². The summed E-state index contributed by atoms with van der Waals surface area (Å²) in [7, 11) is 0. The number of carbonyl (C=O) groups is 2. The normalized spacial score (nSPS) is 20.0. The SMILES string of the molecule is Cc1cccc(OC(C)C(=O)NC2CCCCC2NC(=O)C(C)Oc2cccc(C)c2)c1. The minimum Gasteiger partial charge on any atom is -0.481 e. The van der Waals surface area contributed by atoms with Crippen molar-refractivity contribution in [2.24, 2.45) is 0 Å².